The predicted molar refractivity (Wildman–Crippen MR) is 86.8 cm³/mol. The van der Waals surface area contributed by atoms with Crippen LogP contribution in [0.15, 0.2) is 0 Å². The summed E-state index contributed by atoms with van der Waals surface area (Å²) in [6.45, 7) is 5.93. The van der Waals surface area contributed by atoms with Gasteiger partial charge in [-0.2, -0.15) is 5.10 Å². The van der Waals surface area contributed by atoms with E-state index >= 15 is 0 Å². The highest BCUT2D eigenvalue weighted by Gasteiger charge is 2.31. The fourth-order valence-electron chi connectivity index (χ4n) is 3.75. The Labute approximate surface area is 137 Å². The molecule has 2 aliphatic heterocycles. The number of aryl methyl sites for hydroxylation is 2. The molecular weight excluding hydrogens is 300 g/mol. The molecular formula is C16H25ClN4O. The van der Waals surface area contributed by atoms with Crippen LogP contribution in [0.3, 0.4) is 0 Å². The standard InChI is InChI=1S/C16H25ClN4O/c1-3-14-13(16(17)19(2)18-14)11-20-8-4-6-12(10-20)21-9-5-7-15(21)22/h12H,3-11H2,1-2H3. The van der Waals surface area contributed by atoms with E-state index in [1.807, 2.05) is 7.05 Å². The van der Waals surface area contributed by atoms with Gasteiger partial charge >= 0.3 is 0 Å². The smallest absolute Gasteiger partial charge is 0.222 e. The van der Waals surface area contributed by atoms with E-state index in [4.69, 9.17) is 11.6 Å². The van der Waals surface area contributed by atoms with Gasteiger partial charge in [0.2, 0.25) is 5.91 Å². The van der Waals surface area contributed by atoms with Crippen molar-refractivity contribution in [2.75, 3.05) is 19.6 Å². The number of carbonyl (C=O) groups is 1. The molecule has 2 saturated heterocycles. The van der Waals surface area contributed by atoms with Crippen LogP contribution in [-0.2, 0) is 24.8 Å². The molecule has 1 amide bonds. The minimum absolute atomic E-state index is 0.334. The number of amides is 1. The average molecular weight is 325 g/mol. The lowest BCUT2D eigenvalue weighted by atomic mass is 10.0. The number of hydrogen-bond donors (Lipinski definition) is 0. The lowest BCUT2D eigenvalue weighted by Gasteiger charge is -2.37. The molecule has 0 N–H and O–H groups in total. The van der Waals surface area contributed by atoms with E-state index in [9.17, 15) is 4.79 Å². The summed E-state index contributed by atoms with van der Waals surface area (Å²) in [5, 5.41) is 5.24. The molecule has 5 nitrogen and oxygen atoms in total. The van der Waals surface area contributed by atoms with Crippen LogP contribution < -0.4 is 0 Å². The molecule has 0 spiro atoms. The summed E-state index contributed by atoms with van der Waals surface area (Å²) in [6, 6.07) is 0.379. The van der Waals surface area contributed by atoms with Gasteiger partial charge in [0.05, 0.1) is 5.69 Å². The van der Waals surface area contributed by atoms with Crippen LogP contribution in [0.1, 0.15) is 43.9 Å². The van der Waals surface area contributed by atoms with E-state index in [-0.39, 0.29) is 0 Å². The number of aromatic nitrogens is 2. The number of carbonyl (C=O) groups excluding carboxylic acids is 1. The molecule has 0 aliphatic carbocycles. The van der Waals surface area contributed by atoms with Gasteiger partial charge in [0.1, 0.15) is 5.15 Å². The maximum atomic E-state index is 12.0. The third-order valence-corrected chi connectivity index (χ3v) is 5.37. The van der Waals surface area contributed by atoms with Crippen molar-refractivity contribution in [1.82, 2.24) is 19.6 Å². The SMILES string of the molecule is CCc1nn(C)c(Cl)c1CN1CCCC(N2CCCC2=O)C1. The normalized spacial score (nSPS) is 23.5. The number of likely N-dealkylation sites (tertiary alicyclic amines) is 2. The highest BCUT2D eigenvalue weighted by Crippen LogP contribution is 2.26. The van der Waals surface area contributed by atoms with E-state index in [1.165, 1.54) is 0 Å². The fourth-order valence-corrected chi connectivity index (χ4v) is 3.95. The number of nitrogens with zero attached hydrogens (tertiary/aromatic N) is 4. The first-order chi connectivity index (χ1) is 10.6. The van der Waals surface area contributed by atoms with Crippen molar-refractivity contribution in [2.24, 2.45) is 7.05 Å². The van der Waals surface area contributed by atoms with Crippen LogP contribution in [0, 0.1) is 0 Å². The molecule has 2 fully saturated rings. The lowest BCUT2D eigenvalue weighted by molar-refractivity contribution is -0.130. The maximum absolute atomic E-state index is 12.0. The van der Waals surface area contributed by atoms with Gasteiger partial charge in [-0.3, -0.25) is 14.4 Å². The molecule has 0 bridgehead atoms. The summed E-state index contributed by atoms with van der Waals surface area (Å²) in [5.41, 5.74) is 2.24. The zero-order valence-corrected chi connectivity index (χ0v) is 14.3. The molecule has 0 aromatic carbocycles. The topological polar surface area (TPSA) is 41.4 Å². The molecule has 3 rings (SSSR count). The molecule has 2 aliphatic rings. The molecule has 1 aromatic rings. The Kier molecular flexibility index (Phi) is 4.73. The van der Waals surface area contributed by atoms with Crippen molar-refractivity contribution in [3.8, 4) is 0 Å². The Morgan fingerprint density at radius 2 is 2.14 bits per heavy atom. The zero-order chi connectivity index (χ0) is 15.7. The van der Waals surface area contributed by atoms with E-state index in [2.05, 4.69) is 21.8 Å². The summed E-state index contributed by atoms with van der Waals surface area (Å²) in [6.07, 6.45) is 4.92. The van der Waals surface area contributed by atoms with Crippen molar-refractivity contribution < 1.29 is 4.79 Å². The highest BCUT2D eigenvalue weighted by molar-refractivity contribution is 6.30. The quantitative estimate of drug-likeness (QED) is 0.853. The molecule has 0 radical (unpaired) electrons. The van der Waals surface area contributed by atoms with Crippen molar-refractivity contribution in [3.63, 3.8) is 0 Å². The second-order valence-corrected chi connectivity index (χ2v) is 6.77. The van der Waals surface area contributed by atoms with Gasteiger partial charge in [-0.15, -0.1) is 0 Å². The molecule has 122 valence electrons. The second kappa shape index (κ2) is 6.59. The highest BCUT2D eigenvalue weighted by atomic mass is 35.5. The fraction of sp³-hybridized carbons (Fsp3) is 0.750. The summed E-state index contributed by atoms with van der Waals surface area (Å²) in [7, 11) is 1.90. The minimum atomic E-state index is 0.334. The molecule has 3 heterocycles. The Hall–Kier alpha value is -1.07. The first-order valence-corrected chi connectivity index (χ1v) is 8.70. The minimum Gasteiger partial charge on any atom is -0.338 e. The van der Waals surface area contributed by atoms with Crippen LogP contribution in [0.25, 0.3) is 0 Å². The zero-order valence-electron chi connectivity index (χ0n) is 13.5. The molecule has 6 heteroatoms. The summed E-state index contributed by atoms with van der Waals surface area (Å²) < 4.78 is 1.77. The van der Waals surface area contributed by atoms with Crippen LogP contribution in [0.4, 0.5) is 0 Å². The number of piperidine rings is 1. The maximum Gasteiger partial charge on any atom is 0.222 e. The van der Waals surface area contributed by atoms with Crippen molar-refractivity contribution >= 4 is 17.5 Å². The third kappa shape index (κ3) is 3.01. The van der Waals surface area contributed by atoms with Crippen molar-refractivity contribution in [1.29, 1.82) is 0 Å². The Morgan fingerprint density at radius 1 is 1.32 bits per heavy atom. The van der Waals surface area contributed by atoms with Gasteiger partial charge in [0.15, 0.2) is 0 Å². The second-order valence-electron chi connectivity index (χ2n) is 6.42. The average Bonchev–Trinajstić information content (AvgIpc) is 3.06. The van der Waals surface area contributed by atoms with Crippen LogP contribution in [-0.4, -0.2) is 51.2 Å². The summed E-state index contributed by atoms with van der Waals surface area (Å²) in [5.74, 6) is 0.334. The first-order valence-electron chi connectivity index (χ1n) is 8.32. The van der Waals surface area contributed by atoms with Gasteiger partial charge in [-0.1, -0.05) is 18.5 Å². The molecule has 0 saturated carbocycles. The van der Waals surface area contributed by atoms with Gasteiger partial charge in [-0.25, -0.2) is 0 Å². The number of halogens is 1. The number of hydrogen-bond acceptors (Lipinski definition) is 3. The first kappa shape index (κ1) is 15.8. The molecule has 1 atom stereocenters. The van der Waals surface area contributed by atoms with Crippen LogP contribution >= 0.6 is 11.6 Å². The Morgan fingerprint density at radius 3 is 2.82 bits per heavy atom. The van der Waals surface area contributed by atoms with Gasteiger partial charge in [0.25, 0.3) is 0 Å². The summed E-state index contributed by atoms with van der Waals surface area (Å²) >= 11 is 6.41. The van der Waals surface area contributed by atoms with Crippen LogP contribution in [0.5, 0.6) is 0 Å². The third-order valence-electron chi connectivity index (χ3n) is 4.90. The van der Waals surface area contributed by atoms with E-state index in [0.29, 0.717) is 11.9 Å². The number of rotatable bonds is 4. The molecule has 1 unspecified atom stereocenters. The van der Waals surface area contributed by atoms with Crippen molar-refractivity contribution in [3.05, 3.63) is 16.4 Å². The van der Waals surface area contributed by atoms with E-state index in [1.54, 1.807) is 4.68 Å². The Balaban J connectivity index is 1.69. The molecule has 22 heavy (non-hydrogen) atoms. The van der Waals surface area contributed by atoms with E-state index in [0.717, 1.165) is 74.7 Å². The lowest BCUT2D eigenvalue weighted by Crippen LogP contribution is -2.48. The monoisotopic (exact) mass is 324 g/mol. The Bertz CT molecular complexity index is 557. The summed E-state index contributed by atoms with van der Waals surface area (Å²) in [4.78, 5) is 16.5. The van der Waals surface area contributed by atoms with Gasteiger partial charge in [-0.05, 0) is 32.2 Å². The molecule has 1 aromatic heterocycles. The van der Waals surface area contributed by atoms with Crippen molar-refractivity contribution in [2.45, 2.75) is 51.6 Å². The van der Waals surface area contributed by atoms with Gasteiger partial charge < -0.3 is 4.90 Å². The predicted octanol–water partition coefficient (Wildman–Crippen LogP) is 2.22. The largest absolute Gasteiger partial charge is 0.338 e. The van der Waals surface area contributed by atoms with Gasteiger partial charge in [0, 0.05) is 44.7 Å². The van der Waals surface area contributed by atoms with Crippen LogP contribution in [0.2, 0.25) is 5.15 Å². The van der Waals surface area contributed by atoms with E-state index < -0.39 is 0 Å².